The fraction of sp³-hybridized carbons (Fsp3) is 0.438. The number of aliphatic hydroxyl groups excluding tert-OH is 1. The predicted octanol–water partition coefficient (Wildman–Crippen LogP) is 3.71. The van der Waals surface area contributed by atoms with Gasteiger partial charge in [0, 0.05) is 6.42 Å². The van der Waals surface area contributed by atoms with Gasteiger partial charge >= 0.3 is 11.9 Å². The van der Waals surface area contributed by atoms with Gasteiger partial charge in [0.1, 0.15) is 22.6 Å². The molecular formula is C32H38N2O7S. The largest absolute Gasteiger partial charge is 0.459 e. The van der Waals surface area contributed by atoms with Crippen LogP contribution in [0.3, 0.4) is 0 Å². The molecule has 2 amide bonds. The number of ether oxygens (including phenoxy) is 2. The third-order valence-electron chi connectivity index (χ3n) is 6.64. The van der Waals surface area contributed by atoms with E-state index in [1.165, 1.54) is 16.7 Å². The highest BCUT2D eigenvalue weighted by Gasteiger charge is 2.57. The third-order valence-corrected chi connectivity index (χ3v) is 7.83. The number of carbonyl (C=O) groups is 4. The lowest BCUT2D eigenvalue weighted by Crippen LogP contribution is -2.74. The second-order valence-electron chi connectivity index (χ2n) is 12.4. The van der Waals surface area contributed by atoms with Crippen LogP contribution in [-0.2, 0) is 35.1 Å². The average molecular weight is 595 g/mol. The first-order valence-corrected chi connectivity index (χ1v) is 14.8. The lowest BCUT2D eigenvalue weighted by Gasteiger charge is -2.52. The van der Waals surface area contributed by atoms with Gasteiger partial charge in [-0.1, -0.05) is 60.7 Å². The summed E-state index contributed by atoms with van der Waals surface area (Å²) in [5, 5.41) is 14.9. The number of hydrogen-bond acceptors (Lipinski definition) is 8. The number of amides is 2. The first kappa shape index (κ1) is 31.3. The molecule has 10 heteroatoms. The normalized spacial score (nSPS) is 21.7. The summed E-state index contributed by atoms with van der Waals surface area (Å²) >= 11 is 1.22. The van der Waals surface area contributed by atoms with Crippen molar-refractivity contribution in [1.29, 1.82) is 0 Å². The monoisotopic (exact) mass is 594 g/mol. The van der Waals surface area contributed by atoms with Crippen molar-refractivity contribution in [2.24, 2.45) is 0 Å². The summed E-state index contributed by atoms with van der Waals surface area (Å²) in [5.74, 6) is -3.88. The lowest BCUT2D eigenvalue weighted by molar-refractivity contribution is -0.171. The molecule has 2 N–H and O–H groups in total. The number of nitrogens with one attached hydrogen (secondary N) is 1. The standard InChI is InChI=1S/C32H38N2O7S/c1-31(2,3)40-29(38)23(20-15-11-8-12-16-20)26(36)33-24-27(37)34-25(30(39)41-32(4,5)6)21(18-42-28(24)34)22(35)17-19-13-9-7-10-14-19/h7-16,18,22-25,28,35H,17H2,1-6H3,(H,33,36)/t22?,23?,24?,25?,28-/m1/s1. The maximum atomic E-state index is 13.6. The van der Waals surface area contributed by atoms with Gasteiger partial charge in [0.05, 0.1) is 6.10 Å². The number of nitrogens with zero attached hydrogens (tertiary/aromatic N) is 1. The lowest BCUT2D eigenvalue weighted by atomic mass is 9.91. The summed E-state index contributed by atoms with van der Waals surface area (Å²) in [6, 6.07) is 15.7. The number of carbonyl (C=O) groups excluding carboxylic acids is 4. The van der Waals surface area contributed by atoms with Crippen LogP contribution in [0.4, 0.5) is 0 Å². The van der Waals surface area contributed by atoms with Gasteiger partial charge in [-0.15, -0.1) is 11.8 Å². The Bertz CT molecular complexity index is 1350. The van der Waals surface area contributed by atoms with E-state index in [0.29, 0.717) is 11.1 Å². The molecule has 0 bridgehead atoms. The van der Waals surface area contributed by atoms with Gasteiger partial charge in [-0.25, -0.2) is 4.79 Å². The summed E-state index contributed by atoms with van der Waals surface area (Å²) < 4.78 is 11.2. The van der Waals surface area contributed by atoms with E-state index >= 15 is 0 Å². The van der Waals surface area contributed by atoms with Crippen molar-refractivity contribution >= 4 is 35.5 Å². The number of benzene rings is 2. The van der Waals surface area contributed by atoms with Crippen molar-refractivity contribution in [3.05, 3.63) is 82.8 Å². The van der Waals surface area contributed by atoms with E-state index in [1.807, 2.05) is 30.3 Å². The number of esters is 2. The molecule has 9 nitrogen and oxygen atoms in total. The minimum absolute atomic E-state index is 0.244. The van der Waals surface area contributed by atoms with Crippen molar-refractivity contribution in [1.82, 2.24) is 10.2 Å². The fourth-order valence-electron chi connectivity index (χ4n) is 4.87. The first-order chi connectivity index (χ1) is 19.7. The van der Waals surface area contributed by atoms with Gasteiger partial charge in [-0.05, 0) is 63.7 Å². The van der Waals surface area contributed by atoms with E-state index in [2.05, 4.69) is 5.32 Å². The molecule has 42 heavy (non-hydrogen) atoms. The molecule has 224 valence electrons. The van der Waals surface area contributed by atoms with E-state index < -0.39 is 64.4 Å². The number of fused-ring (bicyclic) bond motifs is 1. The van der Waals surface area contributed by atoms with Gasteiger partial charge in [-0.2, -0.15) is 0 Å². The number of rotatable bonds is 8. The van der Waals surface area contributed by atoms with Crippen LogP contribution in [0.2, 0.25) is 0 Å². The molecular weight excluding hydrogens is 556 g/mol. The van der Waals surface area contributed by atoms with Crippen LogP contribution in [-0.4, -0.2) is 68.5 Å². The molecule has 1 saturated heterocycles. The van der Waals surface area contributed by atoms with Crippen LogP contribution in [0.25, 0.3) is 0 Å². The van der Waals surface area contributed by atoms with Crippen molar-refractivity contribution < 1.29 is 33.8 Å². The van der Waals surface area contributed by atoms with Crippen LogP contribution in [0.15, 0.2) is 71.6 Å². The average Bonchev–Trinajstić information content (AvgIpc) is 2.90. The Morgan fingerprint density at radius 1 is 0.929 bits per heavy atom. The molecule has 2 aromatic rings. The zero-order valence-electron chi connectivity index (χ0n) is 24.7. The zero-order chi connectivity index (χ0) is 30.8. The Labute approximate surface area is 250 Å². The molecule has 0 aromatic heterocycles. The van der Waals surface area contributed by atoms with E-state index in [4.69, 9.17) is 9.47 Å². The Kier molecular flexibility index (Phi) is 9.18. The van der Waals surface area contributed by atoms with Crippen molar-refractivity contribution in [3.8, 4) is 0 Å². The second-order valence-corrected chi connectivity index (χ2v) is 13.4. The van der Waals surface area contributed by atoms with Gasteiger partial charge in [0.15, 0.2) is 12.0 Å². The number of aliphatic hydroxyl groups is 1. The molecule has 0 aliphatic carbocycles. The van der Waals surface area contributed by atoms with E-state index in [0.717, 1.165) is 5.56 Å². The molecule has 2 aromatic carbocycles. The summed E-state index contributed by atoms with van der Waals surface area (Å²) in [4.78, 5) is 55.0. The fourth-order valence-corrected chi connectivity index (χ4v) is 6.15. The minimum atomic E-state index is -1.29. The maximum absolute atomic E-state index is 13.6. The van der Waals surface area contributed by atoms with Crippen LogP contribution < -0.4 is 5.32 Å². The van der Waals surface area contributed by atoms with Crippen LogP contribution in [0, 0.1) is 0 Å². The van der Waals surface area contributed by atoms with Gasteiger partial charge in [0.2, 0.25) is 11.8 Å². The highest BCUT2D eigenvalue weighted by molar-refractivity contribution is 8.03. The zero-order valence-corrected chi connectivity index (χ0v) is 25.5. The van der Waals surface area contributed by atoms with E-state index in [-0.39, 0.29) is 6.42 Å². The summed E-state index contributed by atoms with van der Waals surface area (Å²) in [7, 11) is 0. The minimum Gasteiger partial charge on any atom is -0.459 e. The Morgan fingerprint density at radius 3 is 2.07 bits per heavy atom. The highest BCUT2D eigenvalue weighted by Crippen LogP contribution is 2.42. The maximum Gasteiger partial charge on any atom is 0.333 e. The SMILES string of the molecule is CC(C)(C)OC(=O)C(C(=O)NC1C(=O)N2C(C(=O)OC(C)(C)C)C(C(O)Cc3ccccc3)=CS[C@H]12)c1ccccc1. The predicted molar refractivity (Wildman–Crippen MR) is 159 cm³/mol. The van der Waals surface area contributed by atoms with Crippen molar-refractivity contribution in [2.45, 2.75) is 88.6 Å². The van der Waals surface area contributed by atoms with Gasteiger partial charge in [0.25, 0.3) is 0 Å². The highest BCUT2D eigenvalue weighted by atomic mass is 32.2. The first-order valence-electron chi connectivity index (χ1n) is 13.9. The quantitative estimate of drug-likeness (QED) is 0.270. The summed E-state index contributed by atoms with van der Waals surface area (Å²) in [6.07, 6.45) is -0.803. The van der Waals surface area contributed by atoms with Gasteiger partial charge < -0.3 is 24.8 Å². The molecule has 4 unspecified atom stereocenters. The van der Waals surface area contributed by atoms with Crippen LogP contribution >= 0.6 is 11.8 Å². The molecule has 5 atom stereocenters. The summed E-state index contributed by atoms with van der Waals surface area (Å²) in [5.41, 5.74) is 0.000154. The third kappa shape index (κ3) is 7.22. The molecule has 2 aliphatic heterocycles. The number of hydrogen-bond donors (Lipinski definition) is 2. The molecule has 0 saturated carbocycles. The van der Waals surface area contributed by atoms with Crippen molar-refractivity contribution in [3.63, 3.8) is 0 Å². The number of β-lactam (4-membered cyclic amide) rings is 1. The topological polar surface area (TPSA) is 122 Å². The summed E-state index contributed by atoms with van der Waals surface area (Å²) in [6.45, 7) is 10.3. The second kappa shape index (κ2) is 12.3. The van der Waals surface area contributed by atoms with Crippen LogP contribution in [0.1, 0.15) is 58.6 Å². The molecule has 2 aliphatic rings. The van der Waals surface area contributed by atoms with Gasteiger partial charge in [-0.3, -0.25) is 14.4 Å². The Hall–Kier alpha value is -3.63. The molecule has 4 rings (SSSR count). The van der Waals surface area contributed by atoms with E-state index in [9.17, 15) is 24.3 Å². The number of thioether (sulfide) groups is 1. The smallest absolute Gasteiger partial charge is 0.333 e. The Balaban J connectivity index is 1.59. The van der Waals surface area contributed by atoms with Crippen LogP contribution in [0.5, 0.6) is 0 Å². The molecule has 1 fully saturated rings. The van der Waals surface area contributed by atoms with E-state index in [1.54, 1.807) is 77.3 Å². The van der Waals surface area contributed by atoms with Crippen molar-refractivity contribution in [2.75, 3.05) is 0 Å². The Morgan fingerprint density at radius 2 is 1.50 bits per heavy atom. The molecule has 0 radical (unpaired) electrons. The molecule has 0 spiro atoms. The molecule has 2 heterocycles.